The van der Waals surface area contributed by atoms with E-state index < -0.39 is 0 Å². The number of aldehydes is 1. The van der Waals surface area contributed by atoms with Gasteiger partial charge in [0.1, 0.15) is 12.0 Å². The molecule has 1 rings (SSSR count). The number of carbonyl (C=O) groups is 1. The molecule has 0 atom stereocenters. The van der Waals surface area contributed by atoms with Gasteiger partial charge in [-0.05, 0) is 30.3 Å². The van der Waals surface area contributed by atoms with Gasteiger partial charge in [0, 0.05) is 13.0 Å². The van der Waals surface area contributed by atoms with Crippen LogP contribution in [0.3, 0.4) is 0 Å². The summed E-state index contributed by atoms with van der Waals surface area (Å²) in [6.07, 6.45) is 1.35. The van der Waals surface area contributed by atoms with Gasteiger partial charge in [-0.25, -0.2) is 0 Å². The monoisotopic (exact) mass is 193 g/mol. The fourth-order valence-corrected chi connectivity index (χ4v) is 1.37. The van der Waals surface area contributed by atoms with E-state index >= 15 is 0 Å². The molecule has 0 bridgehead atoms. The van der Waals surface area contributed by atoms with Crippen LogP contribution in [0.4, 0.5) is 0 Å². The SMILES string of the molecule is CNCc1ccc(OC)cc1CC=O. The molecule has 0 aliphatic heterocycles. The molecule has 0 heterocycles. The van der Waals surface area contributed by atoms with Crippen molar-refractivity contribution in [3.63, 3.8) is 0 Å². The second-order valence-corrected chi connectivity index (χ2v) is 3.04. The molecule has 1 N–H and O–H groups in total. The third kappa shape index (κ3) is 2.57. The molecule has 14 heavy (non-hydrogen) atoms. The van der Waals surface area contributed by atoms with E-state index in [4.69, 9.17) is 4.74 Å². The normalized spacial score (nSPS) is 9.86. The highest BCUT2D eigenvalue weighted by Gasteiger charge is 2.02. The van der Waals surface area contributed by atoms with Crippen molar-refractivity contribution in [2.24, 2.45) is 0 Å². The van der Waals surface area contributed by atoms with Crippen molar-refractivity contribution in [3.05, 3.63) is 29.3 Å². The molecule has 3 nitrogen and oxygen atoms in total. The molecule has 0 aliphatic carbocycles. The average Bonchev–Trinajstić information content (AvgIpc) is 2.21. The van der Waals surface area contributed by atoms with Gasteiger partial charge in [0.05, 0.1) is 7.11 Å². The highest BCUT2D eigenvalue weighted by molar-refractivity contribution is 5.57. The van der Waals surface area contributed by atoms with Crippen molar-refractivity contribution in [1.29, 1.82) is 0 Å². The van der Waals surface area contributed by atoms with Gasteiger partial charge in [0.15, 0.2) is 0 Å². The summed E-state index contributed by atoms with van der Waals surface area (Å²) in [6.45, 7) is 0.771. The lowest BCUT2D eigenvalue weighted by molar-refractivity contribution is -0.107. The molecular weight excluding hydrogens is 178 g/mol. The first-order valence-corrected chi connectivity index (χ1v) is 4.56. The molecule has 0 fully saturated rings. The van der Waals surface area contributed by atoms with Gasteiger partial charge >= 0.3 is 0 Å². The van der Waals surface area contributed by atoms with E-state index in [0.29, 0.717) is 6.42 Å². The number of rotatable bonds is 5. The van der Waals surface area contributed by atoms with Gasteiger partial charge < -0.3 is 14.8 Å². The minimum Gasteiger partial charge on any atom is -0.497 e. The number of ether oxygens (including phenoxy) is 1. The summed E-state index contributed by atoms with van der Waals surface area (Å²) in [5.74, 6) is 0.793. The van der Waals surface area contributed by atoms with Crippen LogP contribution in [-0.2, 0) is 17.8 Å². The minimum atomic E-state index is 0.439. The Morgan fingerprint density at radius 1 is 1.43 bits per heavy atom. The Labute approximate surface area is 84.1 Å². The maximum absolute atomic E-state index is 10.5. The number of nitrogens with one attached hydrogen (secondary N) is 1. The number of hydrogen-bond acceptors (Lipinski definition) is 3. The fraction of sp³-hybridized carbons (Fsp3) is 0.364. The minimum absolute atomic E-state index is 0.439. The van der Waals surface area contributed by atoms with Crippen LogP contribution in [0.1, 0.15) is 11.1 Å². The Bertz CT molecular complexity index is 310. The average molecular weight is 193 g/mol. The number of carbonyl (C=O) groups excluding carboxylic acids is 1. The summed E-state index contributed by atoms with van der Waals surface area (Å²) in [7, 11) is 3.51. The Morgan fingerprint density at radius 2 is 2.21 bits per heavy atom. The van der Waals surface area contributed by atoms with Crippen molar-refractivity contribution in [1.82, 2.24) is 5.32 Å². The van der Waals surface area contributed by atoms with Crippen LogP contribution in [0.15, 0.2) is 18.2 Å². The molecule has 0 spiro atoms. The molecule has 1 aromatic carbocycles. The molecule has 3 heteroatoms. The van der Waals surface area contributed by atoms with E-state index in [1.165, 1.54) is 0 Å². The zero-order chi connectivity index (χ0) is 10.4. The molecule has 1 aromatic rings. The molecule has 0 saturated heterocycles. The second kappa shape index (κ2) is 5.40. The van der Waals surface area contributed by atoms with Crippen molar-refractivity contribution in [2.75, 3.05) is 14.2 Å². The largest absolute Gasteiger partial charge is 0.497 e. The van der Waals surface area contributed by atoms with Crippen LogP contribution in [-0.4, -0.2) is 20.4 Å². The quantitative estimate of drug-likeness (QED) is 0.713. The van der Waals surface area contributed by atoms with E-state index in [0.717, 1.165) is 29.7 Å². The molecule has 0 unspecified atom stereocenters. The van der Waals surface area contributed by atoms with Gasteiger partial charge in [-0.2, -0.15) is 0 Å². The zero-order valence-corrected chi connectivity index (χ0v) is 8.54. The Kier molecular flexibility index (Phi) is 4.13. The van der Waals surface area contributed by atoms with E-state index in [2.05, 4.69) is 5.32 Å². The highest BCUT2D eigenvalue weighted by atomic mass is 16.5. The van der Waals surface area contributed by atoms with E-state index in [9.17, 15) is 4.79 Å². The van der Waals surface area contributed by atoms with Crippen molar-refractivity contribution < 1.29 is 9.53 Å². The third-order valence-corrected chi connectivity index (χ3v) is 2.08. The Balaban J connectivity index is 2.96. The van der Waals surface area contributed by atoms with Crippen LogP contribution in [0, 0.1) is 0 Å². The summed E-state index contributed by atoms with van der Waals surface area (Å²) >= 11 is 0. The first kappa shape index (κ1) is 10.7. The van der Waals surface area contributed by atoms with Crippen LogP contribution in [0.25, 0.3) is 0 Å². The smallest absolute Gasteiger partial charge is 0.124 e. The molecular formula is C11H15NO2. The Morgan fingerprint density at radius 3 is 2.79 bits per heavy atom. The third-order valence-electron chi connectivity index (χ3n) is 2.08. The first-order valence-electron chi connectivity index (χ1n) is 4.56. The van der Waals surface area contributed by atoms with Crippen LogP contribution >= 0.6 is 0 Å². The lowest BCUT2D eigenvalue weighted by atomic mass is 10.0. The van der Waals surface area contributed by atoms with Gasteiger partial charge in [0.2, 0.25) is 0 Å². The van der Waals surface area contributed by atoms with Crippen LogP contribution in [0.5, 0.6) is 5.75 Å². The Hall–Kier alpha value is -1.35. The molecule has 0 amide bonds. The lowest BCUT2D eigenvalue weighted by Gasteiger charge is -2.08. The number of methoxy groups -OCH3 is 1. The van der Waals surface area contributed by atoms with Crippen molar-refractivity contribution >= 4 is 6.29 Å². The summed E-state index contributed by atoms with van der Waals surface area (Å²) < 4.78 is 5.10. The topological polar surface area (TPSA) is 38.3 Å². The van der Waals surface area contributed by atoms with E-state index in [-0.39, 0.29) is 0 Å². The predicted octanol–water partition coefficient (Wildman–Crippen LogP) is 1.16. The second-order valence-electron chi connectivity index (χ2n) is 3.04. The van der Waals surface area contributed by atoms with Gasteiger partial charge in [0.25, 0.3) is 0 Å². The standard InChI is InChI=1S/C11H15NO2/c1-12-8-10-3-4-11(14-2)7-9(10)5-6-13/h3-4,6-7,12H,5,8H2,1-2H3. The lowest BCUT2D eigenvalue weighted by Crippen LogP contribution is -2.08. The van der Waals surface area contributed by atoms with Crippen LogP contribution < -0.4 is 10.1 Å². The summed E-state index contributed by atoms with van der Waals surface area (Å²) in [5, 5.41) is 3.06. The number of benzene rings is 1. The van der Waals surface area contributed by atoms with Gasteiger partial charge in [-0.1, -0.05) is 6.07 Å². The molecule has 76 valence electrons. The van der Waals surface area contributed by atoms with E-state index in [1.807, 2.05) is 25.2 Å². The maximum Gasteiger partial charge on any atom is 0.124 e. The summed E-state index contributed by atoms with van der Waals surface area (Å²) in [6, 6.07) is 5.79. The molecule has 0 radical (unpaired) electrons. The summed E-state index contributed by atoms with van der Waals surface area (Å²) in [5.41, 5.74) is 2.16. The fourth-order valence-electron chi connectivity index (χ4n) is 1.37. The van der Waals surface area contributed by atoms with Gasteiger partial charge in [-0.15, -0.1) is 0 Å². The van der Waals surface area contributed by atoms with Crippen molar-refractivity contribution in [2.45, 2.75) is 13.0 Å². The highest BCUT2D eigenvalue weighted by Crippen LogP contribution is 2.17. The van der Waals surface area contributed by atoms with E-state index in [1.54, 1.807) is 7.11 Å². The predicted molar refractivity (Wildman–Crippen MR) is 55.5 cm³/mol. The van der Waals surface area contributed by atoms with Gasteiger partial charge in [-0.3, -0.25) is 0 Å². The summed E-state index contributed by atoms with van der Waals surface area (Å²) in [4.78, 5) is 10.5. The molecule has 0 aliphatic rings. The zero-order valence-electron chi connectivity index (χ0n) is 8.54. The molecule has 0 saturated carbocycles. The van der Waals surface area contributed by atoms with Crippen LogP contribution in [0.2, 0.25) is 0 Å². The van der Waals surface area contributed by atoms with Crippen molar-refractivity contribution in [3.8, 4) is 5.75 Å². The first-order chi connectivity index (χ1) is 6.81. The maximum atomic E-state index is 10.5. The molecule has 0 aromatic heterocycles. The number of hydrogen-bond donors (Lipinski definition) is 1.